The molecule has 1 aliphatic heterocycles. The van der Waals surface area contributed by atoms with Gasteiger partial charge in [0.2, 0.25) is 5.89 Å². The number of carbonyl (C=O) groups excluding carboxylic acids is 1. The molecule has 0 saturated carbocycles. The van der Waals surface area contributed by atoms with Crippen molar-refractivity contribution in [2.75, 3.05) is 45.7 Å². The summed E-state index contributed by atoms with van der Waals surface area (Å²) < 4.78 is 29.5. The second-order valence-corrected chi connectivity index (χ2v) is 7.86. The lowest BCUT2D eigenvalue weighted by atomic mass is 10.1. The molecule has 0 atom stereocenters. The van der Waals surface area contributed by atoms with Crippen LogP contribution in [0.3, 0.4) is 0 Å². The number of aromatic nitrogens is 1. The third kappa shape index (κ3) is 6.09. The van der Waals surface area contributed by atoms with E-state index >= 15 is 0 Å². The highest BCUT2D eigenvalue weighted by molar-refractivity contribution is 6.02. The third-order valence-electron chi connectivity index (χ3n) is 5.51. The molecule has 1 fully saturated rings. The fourth-order valence-electron chi connectivity index (χ4n) is 3.76. The lowest BCUT2D eigenvalue weighted by Crippen LogP contribution is -2.45. The molecule has 4 rings (SSSR count). The average molecular weight is 455 g/mol. The minimum Gasteiger partial charge on any atom is -0.497 e. The van der Waals surface area contributed by atoms with E-state index in [2.05, 4.69) is 20.1 Å². The van der Waals surface area contributed by atoms with E-state index in [1.165, 1.54) is 24.5 Å². The topological polar surface area (TPSA) is 80.1 Å². The summed E-state index contributed by atoms with van der Waals surface area (Å²) in [5, 5.41) is 2.62. The van der Waals surface area contributed by atoms with Crippen LogP contribution in [0.15, 0.2) is 53.1 Å². The molecule has 2 heterocycles. The molecule has 0 bridgehead atoms. The van der Waals surface area contributed by atoms with Gasteiger partial charge in [-0.15, -0.1) is 0 Å². The second-order valence-electron chi connectivity index (χ2n) is 7.86. The van der Waals surface area contributed by atoms with Crippen LogP contribution in [0.4, 0.5) is 10.1 Å². The van der Waals surface area contributed by atoms with Gasteiger partial charge < -0.3 is 19.2 Å². The molecule has 0 aliphatic carbocycles. The van der Waals surface area contributed by atoms with Crippen molar-refractivity contribution in [1.29, 1.82) is 0 Å². The Balaban J connectivity index is 1.27. The highest BCUT2D eigenvalue weighted by Crippen LogP contribution is 2.24. The lowest BCUT2D eigenvalue weighted by Gasteiger charge is -2.34. The summed E-state index contributed by atoms with van der Waals surface area (Å²) in [4.78, 5) is 21.2. The van der Waals surface area contributed by atoms with Crippen LogP contribution in [0.2, 0.25) is 0 Å². The minimum atomic E-state index is -0.436. The zero-order chi connectivity index (χ0) is 23.2. The first-order chi connectivity index (χ1) is 16.0. The van der Waals surface area contributed by atoms with Crippen LogP contribution in [-0.2, 0) is 13.1 Å². The number of carbonyl (C=O) groups is 1. The van der Waals surface area contributed by atoms with Crippen LogP contribution in [-0.4, -0.2) is 61.1 Å². The zero-order valence-electron chi connectivity index (χ0n) is 18.7. The van der Waals surface area contributed by atoms with Crippen molar-refractivity contribution in [2.24, 2.45) is 0 Å². The van der Waals surface area contributed by atoms with E-state index in [9.17, 15) is 9.18 Å². The van der Waals surface area contributed by atoms with Gasteiger partial charge in [0.15, 0.2) is 5.69 Å². The Hall–Kier alpha value is -3.43. The molecule has 9 heteroatoms. The average Bonchev–Trinajstić information content (AvgIpc) is 3.29. The van der Waals surface area contributed by atoms with Crippen molar-refractivity contribution in [2.45, 2.75) is 13.1 Å². The molecule has 1 saturated heterocycles. The fourth-order valence-corrected chi connectivity index (χ4v) is 3.76. The Morgan fingerprint density at radius 2 is 1.70 bits per heavy atom. The monoisotopic (exact) mass is 454 g/mol. The SMILES string of the molecule is COc1cc(CN2CCN(Cc3nc(C(=O)Nc4cccc(F)c4)co3)CC2)cc(OC)c1. The Morgan fingerprint density at radius 1 is 1.03 bits per heavy atom. The Labute approximate surface area is 191 Å². The predicted octanol–water partition coefficient (Wildman–Crippen LogP) is 3.40. The van der Waals surface area contributed by atoms with Crippen molar-refractivity contribution in [3.05, 3.63) is 71.7 Å². The Kier molecular flexibility index (Phi) is 7.21. The van der Waals surface area contributed by atoms with Crippen molar-refractivity contribution in [1.82, 2.24) is 14.8 Å². The molecule has 1 amide bonds. The van der Waals surface area contributed by atoms with Crippen molar-refractivity contribution in [3.8, 4) is 11.5 Å². The second kappa shape index (κ2) is 10.5. The summed E-state index contributed by atoms with van der Waals surface area (Å²) in [5.41, 5.74) is 1.68. The molecule has 33 heavy (non-hydrogen) atoms. The predicted molar refractivity (Wildman–Crippen MR) is 121 cm³/mol. The quantitative estimate of drug-likeness (QED) is 0.559. The van der Waals surface area contributed by atoms with Crippen LogP contribution in [0.25, 0.3) is 0 Å². The number of rotatable bonds is 8. The maximum atomic E-state index is 13.3. The maximum absolute atomic E-state index is 13.3. The summed E-state index contributed by atoms with van der Waals surface area (Å²) in [7, 11) is 3.30. The number of nitrogens with one attached hydrogen (secondary N) is 1. The molecule has 0 unspecified atom stereocenters. The van der Waals surface area contributed by atoms with Gasteiger partial charge in [-0.2, -0.15) is 0 Å². The number of halogens is 1. The normalized spacial score (nSPS) is 14.8. The van der Waals surface area contributed by atoms with E-state index in [-0.39, 0.29) is 5.69 Å². The first kappa shape index (κ1) is 22.8. The summed E-state index contributed by atoms with van der Waals surface area (Å²) in [6.45, 7) is 4.84. The minimum absolute atomic E-state index is 0.167. The Morgan fingerprint density at radius 3 is 2.33 bits per heavy atom. The summed E-state index contributed by atoms with van der Waals surface area (Å²) in [6.07, 6.45) is 1.33. The molecule has 174 valence electrons. The van der Waals surface area contributed by atoms with E-state index in [0.717, 1.165) is 49.8 Å². The lowest BCUT2D eigenvalue weighted by molar-refractivity contribution is 0.102. The highest BCUT2D eigenvalue weighted by atomic mass is 19.1. The van der Waals surface area contributed by atoms with Gasteiger partial charge in [-0.25, -0.2) is 9.37 Å². The van der Waals surface area contributed by atoms with Crippen molar-refractivity contribution in [3.63, 3.8) is 0 Å². The highest BCUT2D eigenvalue weighted by Gasteiger charge is 2.20. The number of amides is 1. The van der Waals surface area contributed by atoms with Gasteiger partial charge in [-0.05, 0) is 35.9 Å². The maximum Gasteiger partial charge on any atom is 0.277 e. The van der Waals surface area contributed by atoms with Crippen LogP contribution < -0.4 is 14.8 Å². The standard InChI is InChI=1S/C24H27FN4O4/c1-31-20-10-17(11-21(13-20)32-2)14-28-6-8-29(9-7-28)15-23-27-22(16-33-23)24(30)26-19-5-3-4-18(25)12-19/h3-5,10-13,16H,6-9,14-15H2,1-2H3,(H,26,30). The van der Waals surface area contributed by atoms with Crippen molar-refractivity contribution < 1.29 is 23.1 Å². The van der Waals surface area contributed by atoms with E-state index in [4.69, 9.17) is 13.9 Å². The molecular formula is C24H27FN4O4. The first-order valence-corrected chi connectivity index (χ1v) is 10.7. The summed E-state index contributed by atoms with van der Waals surface area (Å²) in [6, 6.07) is 11.6. The van der Waals surface area contributed by atoms with Crippen molar-refractivity contribution >= 4 is 11.6 Å². The number of anilines is 1. The van der Waals surface area contributed by atoms with Gasteiger partial charge in [0.1, 0.15) is 23.6 Å². The fraction of sp³-hybridized carbons (Fsp3) is 0.333. The van der Waals surface area contributed by atoms with E-state index < -0.39 is 11.7 Å². The van der Waals surface area contributed by atoms with Gasteiger partial charge in [-0.1, -0.05) is 6.07 Å². The number of ether oxygens (including phenoxy) is 2. The third-order valence-corrected chi connectivity index (χ3v) is 5.51. The molecule has 2 aromatic carbocycles. The van der Waals surface area contributed by atoms with Crippen LogP contribution in [0, 0.1) is 5.82 Å². The smallest absolute Gasteiger partial charge is 0.277 e. The number of hydrogen-bond acceptors (Lipinski definition) is 7. The Bertz CT molecular complexity index is 1070. The first-order valence-electron chi connectivity index (χ1n) is 10.7. The van der Waals surface area contributed by atoms with Gasteiger partial charge >= 0.3 is 0 Å². The van der Waals surface area contributed by atoms with E-state index in [1.807, 2.05) is 18.2 Å². The number of piperazine rings is 1. The van der Waals surface area contributed by atoms with Crippen LogP contribution in [0.1, 0.15) is 21.9 Å². The molecule has 1 N–H and O–H groups in total. The molecule has 0 spiro atoms. The van der Waals surface area contributed by atoms with E-state index in [1.54, 1.807) is 20.3 Å². The number of methoxy groups -OCH3 is 2. The molecule has 8 nitrogen and oxygen atoms in total. The van der Waals surface area contributed by atoms with Gasteiger partial charge in [0.25, 0.3) is 5.91 Å². The molecule has 1 aromatic heterocycles. The molecular weight excluding hydrogens is 427 g/mol. The number of benzene rings is 2. The summed E-state index contributed by atoms with van der Waals surface area (Å²) in [5.74, 6) is 1.19. The molecule has 3 aromatic rings. The van der Waals surface area contributed by atoms with Gasteiger partial charge in [0, 0.05) is 44.5 Å². The van der Waals surface area contributed by atoms with Crippen LogP contribution in [0.5, 0.6) is 11.5 Å². The number of hydrogen-bond donors (Lipinski definition) is 1. The summed E-state index contributed by atoms with van der Waals surface area (Å²) >= 11 is 0. The number of nitrogens with zero attached hydrogens (tertiary/aromatic N) is 3. The van der Waals surface area contributed by atoms with E-state index in [0.29, 0.717) is 18.1 Å². The van der Waals surface area contributed by atoms with Crippen LogP contribution >= 0.6 is 0 Å². The van der Waals surface area contributed by atoms with Gasteiger partial charge in [0.05, 0.1) is 20.8 Å². The molecule has 0 radical (unpaired) electrons. The number of oxazole rings is 1. The zero-order valence-corrected chi connectivity index (χ0v) is 18.7. The van der Waals surface area contributed by atoms with Gasteiger partial charge in [-0.3, -0.25) is 14.6 Å². The largest absolute Gasteiger partial charge is 0.497 e. The molecule has 1 aliphatic rings.